The number of carbonyl (C=O) groups excluding carboxylic acids is 1. The summed E-state index contributed by atoms with van der Waals surface area (Å²) in [5.41, 5.74) is 0.500. The van der Waals surface area contributed by atoms with Gasteiger partial charge in [0.25, 0.3) is 11.8 Å². The highest BCUT2D eigenvalue weighted by atomic mass is 19.1. The van der Waals surface area contributed by atoms with Gasteiger partial charge in [0.1, 0.15) is 11.6 Å². The van der Waals surface area contributed by atoms with Gasteiger partial charge in [0.15, 0.2) is 5.82 Å². The number of nitrogens with one attached hydrogen (secondary N) is 1. The highest BCUT2D eigenvalue weighted by molar-refractivity contribution is 5.94. The number of hydrogen-bond donors (Lipinski definition) is 1. The molecular formula is C16H11F2N3O2. The zero-order valence-electron chi connectivity index (χ0n) is 11.8. The van der Waals surface area contributed by atoms with Crippen molar-refractivity contribution in [2.24, 2.45) is 0 Å². The molecule has 3 aromatic rings. The Hall–Kier alpha value is -3.09. The molecule has 7 heteroatoms. The molecule has 5 nitrogen and oxygen atoms in total. The first-order valence-electron chi connectivity index (χ1n) is 6.75. The topological polar surface area (TPSA) is 68.0 Å². The molecule has 116 valence electrons. The van der Waals surface area contributed by atoms with E-state index in [9.17, 15) is 13.6 Å². The number of aromatic nitrogens is 2. The Labute approximate surface area is 130 Å². The molecule has 0 bridgehead atoms. The predicted molar refractivity (Wildman–Crippen MR) is 77.3 cm³/mol. The van der Waals surface area contributed by atoms with Gasteiger partial charge in [-0.15, -0.1) is 0 Å². The minimum atomic E-state index is -0.606. The summed E-state index contributed by atoms with van der Waals surface area (Å²) in [5, 5.41) is 6.22. The lowest BCUT2D eigenvalue weighted by Gasteiger charge is -2.03. The van der Waals surface area contributed by atoms with E-state index in [4.69, 9.17) is 4.52 Å². The van der Waals surface area contributed by atoms with Crippen molar-refractivity contribution in [2.45, 2.75) is 6.54 Å². The quantitative estimate of drug-likeness (QED) is 0.804. The second kappa shape index (κ2) is 6.35. The maximum Gasteiger partial charge on any atom is 0.257 e. The third-order valence-corrected chi connectivity index (χ3v) is 3.08. The van der Waals surface area contributed by atoms with E-state index in [1.807, 2.05) is 0 Å². The van der Waals surface area contributed by atoms with Crippen LogP contribution >= 0.6 is 0 Å². The normalized spacial score (nSPS) is 10.5. The van der Waals surface area contributed by atoms with Crippen LogP contribution in [-0.4, -0.2) is 16.0 Å². The van der Waals surface area contributed by atoms with Crippen molar-refractivity contribution in [1.82, 2.24) is 15.5 Å². The molecule has 3 rings (SSSR count). The first-order chi connectivity index (χ1) is 11.1. The van der Waals surface area contributed by atoms with E-state index >= 15 is 0 Å². The molecule has 0 unspecified atom stereocenters. The highest BCUT2D eigenvalue weighted by Crippen LogP contribution is 2.17. The molecule has 1 aromatic heterocycles. The molecule has 1 heterocycles. The molecule has 0 fully saturated rings. The second-order valence-electron chi connectivity index (χ2n) is 4.69. The summed E-state index contributed by atoms with van der Waals surface area (Å²) in [4.78, 5) is 16.0. The van der Waals surface area contributed by atoms with Gasteiger partial charge in [0.05, 0.1) is 12.1 Å². The van der Waals surface area contributed by atoms with E-state index < -0.39 is 11.7 Å². The van der Waals surface area contributed by atoms with Gasteiger partial charge in [0.2, 0.25) is 0 Å². The van der Waals surface area contributed by atoms with Crippen LogP contribution in [0.1, 0.15) is 16.2 Å². The molecule has 2 aromatic carbocycles. The van der Waals surface area contributed by atoms with Crippen LogP contribution in [0.15, 0.2) is 53.1 Å². The van der Waals surface area contributed by atoms with Gasteiger partial charge in [-0.25, -0.2) is 8.78 Å². The molecule has 0 saturated heterocycles. The second-order valence-corrected chi connectivity index (χ2v) is 4.69. The lowest BCUT2D eigenvalue weighted by Crippen LogP contribution is -2.24. The Balaban J connectivity index is 1.67. The smallest absolute Gasteiger partial charge is 0.257 e. The monoisotopic (exact) mass is 315 g/mol. The summed E-state index contributed by atoms with van der Waals surface area (Å²) < 4.78 is 31.4. The molecule has 0 saturated carbocycles. The molecule has 0 aliphatic heterocycles. The third-order valence-electron chi connectivity index (χ3n) is 3.08. The van der Waals surface area contributed by atoms with Crippen molar-refractivity contribution >= 4 is 5.91 Å². The Bertz CT molecular complexity index is 831. The van der Waals surface area contributed by atoms with Crippen molar-refractivity contribution < 1.29 is 18.1 Å². The fraction of sp³-hybridized carbons (Fsp3) is 0.0625. The van der Waals surface area contributed by atoms with Crippen molar-refractivity contribution in [3.05, 3.63) is 71.6 Å². The minimum absolute atomic E-state index is 0.0160. The lowest BCUT2D eigenvalue weighted by molar-refractivity contribution is 0.0945. The van der Waals surface area contributed by atoms with Gasteiger partial charge in [-0.2, -0.15) is 4.98 Å². The summed E-state index contributed by atoms with van der Waals surface area (Å²) in [5.74, 6) is -1.11. The van der Waals surface area contributed by atoms with Crippen LogP contribution < -0.4 is 5.32 Å². The number of hydrogen-bond acceptors (Lipinski definition) is 4. The van der Waals surface area contributed by atoms with Gasteiger partial charge in [-0.1, -0.05) is 17.3 Å². The Morgan fingerprint density at radius 2 is 1.83 bits per heavy atom. The summed E-state index contributed by atoms with van der Waals surface area (Å²) in [6, 6.07) is 11.2. The number of amides is 1. The standard InChI is InChI=1S/C16H11F2N3O2/c17-11-7-5-10(6-8-11)16-20-14(21-23-16)9-19-15(22)12-3-1-2-4-13(12)18/h1-8H,9H2,(H,19,22). The summed E-state index contributed by atoms with van der Waals surface area (Å²) >= 11 is 0. The molecule has 23 heavy (non-hydrogen) atoms. The van der Waals surface area contributed by atoms with E-state index in [1.54, 1.807) is 6.07 Å². The first kappa shape index (κ1) is 14.8. The Morgan fingerprint density at radius 1 is 1.09 bits per heavy atom. The van der Waals surface area contributed by atoms with Crippen molar-refractivity contribution in [2.75, 3.05) is 0 Å². The predicted octanol–water partition coefficient (Wildman–Crippen LogP) is 2.94. The molecule has 0 atom stereocenters. The highest BCUT2D eigenvalue weighted by Gasteiger charge is 2.13. The van der Waals surface area contributed by atoms with Crippen molar-refractivity contribution in [3.63, 3.8) is 0 Å². The fourth-order valence-electron chi connectivity index (χ4n) is 1.94. The van der Waals surface area contributed by atoms with Crippen LogP contribution in [-0.2, 0) is 6.54 Å². The zero-order chi connectivity index (χ0) is 16.2. The van der Waals surface area contributed by atoms with Crippen molar-refractivity contribution in [3.8, 4) is 11.5 Å². The lowest BCUT2D eigenvalue weighted by atomic mass is 10.2. The van der Waals surface area contributed by atoms with Gasteiger partial charge >= 0.3 is 0 Å². The zero-order valence-corrected chi connectivity index (χ0v) is 11.8. The van der Waals surface area contributed by atoms with Crippen LogP contribution in [0.3, 0.4) is 0 Å². The number of halogens is 2. The average molecular weight is 315 g/mol. The number of benzene rings is 2. The summed E-state index contributed by atoms with van der Waals surface area (Å²) in [7, 11) is 0. The van der Waals surface area contributed by atoms with Crippen LogP contribution in [0.4, 0.5) is 8.78 Å². The fourth-order valence-corrected chi connectivity index (χ4v) is 1.94. The molecular weight excluding hydrogens is 304 g/mol. The third kappa shape index (κ3) is 3.39. The molecule has 0 aliphatic rings. The Morgan fingerprint density at radius 3 is 2.57 bits per heavy atom. The van der Waals surface area contributed by atoms with E-state index in [1.165, 1.54) is 42.5 Å². The molecule has 0 radical (unpaired) electrons. The SMILES string of the molecule is O=C(NCc1noc(-c2ccc(F)cc2)n1)c1ccccc1F. The van der Waals surface area contributed by atoms with E-state index in [2.05, 4.69) is 15.5 Å². The van der Waals surface area contributed by atoms with Crippen LogP contribution in [0.5, 0.6) is 0 Å². The average Bonchev–Trinajstić information content (AvgIpc) is 3.03. The number of nitrogens with zero attached hydrogens (tertiary/aromatic N) is 2. The van der Waals surface area contributed by atoms with Crippen LogP contribution in [0.25, 0.3) is 11.5 Å². The molecule has 0 aliphatic carbocycles. The summed E-state index contributed by atoms with van der Waals surface area (Å²) in [6.07, 6.45) is 0. The first-order valence-corrected chi connectivity index (χ1v) is 6.75. The van der Waals surface area contributed by atoms with Gasteiger partial charge in [-0.05, 0) is 36.4 Å². The van der Waals surface area contributed by atoms with Gasteiger partial charge in [-0.3, -0.25) is 4.79 Å². The van der Waals surface area contributed by atoms with E-state index in [-0.39, 0.29) is 29.6 Å². The van der Waals surface area contributed by atoms with E-state index in [0.717, 1.165) is 0 Å². The molecule has 1 N–H and O–H groups in total. The number of carbonyl (C=O) groups is 1. The van der Waals surface area contributed by atoms with Gasteiger partial charge < -0.3 is 9.84 Å². The molecule has 0 spiro atoms. The maximum absolute atomic E-state index is 13.5. The van der Waals surface area contributed by atoms with Crippen molar-refractivity contribution in [1.29, 1.82) is 0 Å². The van der Waals surface area contributed by atoms with Crippen LogP contribution in [0.2, 0.25) is 0 Å². The maximum atomic E-state index is 13.5. The number of rotatable bonds is 4. The largest absolute Gasteiger partial charge is 0.345 e. The van der Waals surface area contributed by atoms with Crippen LogP contribution in [0, 0.1) is 11.6 Å². The minimum Gasteiger partial charge on any atom is -0.345 e. The van der Waals surface area contributed by atoms with E-state index in [0.29, 0.717) is 5.56 Å². The van der Waals surface area contributed by atoms with Gasteiger partial charge in [0, 0.05) is 5.56 Å². The Kier molecular flexibility index (Phi) is 4.09. The molecule has 1 amide bonds. The summed E-state index contributed by atoms with van der Waals surface area (Å²) in [6.45, 7) is -0.0160.